The third-order valence-electron chi connectivity index (χ3n) is 3.24. The summed E-state index contributed by atoms with van der Waals surface area (Å²) in [6, 6.07) is 9.85. The van der Waals surface area contributed by atoms with Crippen LogP contribution in [0.3, 0.4) is 0 Å². The van der Waals surface area contributed by atoms with Crippen LogP contribution in [0.4, 0.5) is 0 Å². The Kier molecular flexibility index (Phi) is 7.34. The molecule has 27 heavy (non-hydrogen) atoms. The first kappa shape index (κ1) is 19.4. The first-order valence-corrected chi connectivity index (χ1v) is 7.95. The molecule has 0 saturated carbocycles. The van der Waals surface area contributed by atoms with Crippen LogP contribution in [0.5, 0.6) is 28.7 Å². The number of benzene rings is 2. The van der Waals surface area contributed by atoms with Crippen molar-refractivity contribution in [3.05, 3.63) is 42.0 Å². The molecule has 5 nitrogen and oxygen atoms in total. The van der Waals surface area contributed by atoms with Gasteiger partial charge in [-0.25, -0.2) is 0 Å². The zero-order valence-electron chi connectivity index (χ0n) is 14.6. The molecule has 1 N–H and O–H groups in total. The average Bonchev–Trinajstić information content (AvgIpc) is 2.69. The number of terminal acetylenes is 3. The van der Waals surface area contributed by atoms with Crippen molar-refractivity contribution in [2.45, 2.75) is 6.61 Å². The van der Waals surface area contributed by atoms with E-state index in [9.17, 15) is 5.11 Å². The average molecular weight is 362 g/mol. The minimum Gasteiger partial charge on any atom is -0.508 e. The Balaban J connectivity index is 2.29. The van der Waals surface area contributed by atoms with E-state index in [1.165, 1.54) is 12.1 Å². The van der Waals surface area contributed by atoms with Crippen LogP contribution in [0.15, 0.2) is 36.4 Å². The van der Waals surface area contributed by atoms with Gasteiger partial charge in [-0.05, 0) is 42.0 Å². The van der Waals surface area contributed by atoms with E-state index in [0.29, 0.717) is 23.0 Å². The summed E-state index contributed by atoms with van der Waals surface area (Å²) in [5, 5.41) is 9.33. The van der Waals surface area contributed by atoms with E-state index in [1.54, 1.807) is 24.3 Å². The molecule has 0 atom stereocenters. The Bertz CT molecular complexity index is 840. The summed E-state index contributed by atoms with van der Waals surface area (Å²) in [4.78, 5) is 0. The second-order valence-corrected chi connectivity index (χ2v) is 5.18. The predicted octanol–water partition coefficient (Wildman–Crippen LogP) is 3.01. The Morgan fingerprint density at radius 3 is 1.78 bits per heavy atom. The number of phenolic OH excluding ortho intramolecular Hbond substituents is 1. The molecule has 0 radical (unpaired) electrons. The molecule has 0 saturated heterocycles. The highest BCUT2D eigenvalue weighted by Crippen LogP contribution is 2.39. The van der Waals surface area contributed by atoms with Crippen molar-refractivity contribution in [2.24, 2.45) is 0 Å². The molecule has 5 heteroatoms. The normalized spacial score (nSPS) is 9.37. The standard InChI is InChI=1S/C22H18O5/c1-4-11-24-20-14-17(16-27-19-9-7-18(23)8-10-19)15-21(25-12-5-2)22(20)26-13-6-3/h1-3,7-10,14-15,23H,11-13,16H2. The Morgan fingerprint density at radius 2 is 1.26 bits per heavy atom. The fourth-order valence-corrected chi connectivity index (χ4v) is 2.13. The molecule has 0 aliphatic heterocycles. The maximum absolute atomic E-state index is 9.33. The van der Waals surface area contributed by atoms with E-state index in [-0.39, 0.29) is 32.2 Å². The minimum atomic E-state index is 0.0299. The third kappa shape index (κ3) is 5.85. The van der Waals surface area contributed by atoms with Crippen LogP contribution < -0.4 is 18.9 Å². The van der Waals surface area contributed by atoms with Gasteiger partial charge < -0.3 is 24.1 Å². The van der Waals surface area contributed by atoms with Crippen molar-refractivity contribution in [1.82, 2.24) is 0 Å². The van der Waals surface area contributed by atoms with Crippen LogP contribution >= 0.6 is 0 Å². The van der Waals surface area contributed by atoms with Crippen molar-refractivity contribution >= 4 is 0 Å². The first-order valence-electron chi connectivity index (χ1n) is 7.95. The Labute approximate surface area is 158 Å². The molecule has 0 aliphatic carbocycles. The number of phenols is 1. The topological polar surface area (TPSA) is 57.2 Å². The maximum Gasteiger partial charge on any atom is 0.204 e. The molecule has 0 heterocycles. The smallest absolute Gasteiger partial charge is 0.204 e. The number of aromatic hydroxyl groups is 1. The van der Waals surface area contributed by atoms with Crippen molar-refractivity contribution in [2.75, 3.05) is 19.8 Å². The zero-order valence-corrected chi connectivity index (χ0v) is 14.6. The highest BCUT2D eigenvalue weighted by atomic mass is 16.5. The summed E-state index contributed by atoms with van der Waals surface area (Å²) in [5.41, 5.74) is 0.746. The molecule has 0 aliphatic rings. The van der Waals surface area contributed by atoms with Crippen molar-refractivity contribution < 1.29 is 24.1 Å². The van der Waals surface area contributed by atoms with Gasteiger partial charge in [0.2, 0.25) is 5.75 Å². The van der Waals surface area contributed by atoms with Crippen LogP contribution in [0.1, 0.15) is 5.56 Å². The number of hydrogen-bond acceptors (Lipinski definition) is 5. The van der Waals surface area contributed by atoms with Gasteiger partial charge in [-0.3, -0.25) is 0 Å². The SMILES string of the molecule is C#CCOc1cc(COc2ccc(O)cc2)cc(OCC#C)c1OCC#C. The lowest BCUT2D eigenvalue weighted by Gasteiger charge is -2.17. The van der Waals surface area contributed by atoms with Crippen LogP contribution in [0.2, 0.25) is 0 Å². The summed E-state index contributed by atoms with van der Waals surface area (Å²) in [5.74, 6) is 9.02. The fourth-order valence-electron chi connectivity index (χ4n) is 2.13. The minimum absolute atomic E-state index is 0.0299. The molecule has 0 fully saturated rings. The highest BCUT2D eigenvalue weighted by molar-refractivity contribution is 5.54. The summed E-state index contributed by atoms with van der Waals surface area (Å²) < 4.78 is 22.4. The second-order valence-electron chi connectivity index (χ2n) is 5.18. The monoisotopic (exact) mass is 362 g/mol. The molecule has 0 amide bonds. The van der Waals surface area contributed by atoms with Gasteiger partial charge >= 0.3 is 0 Å². The van der Waals surface area contributed by atoms with E-state index in [4.69, 9.17) is 38.2 Å². The summed E-state index contributed by atoms with van der Waals surface area (Å²) >= 11 is 0. The van der Waals surface area contributed by atoms with E-state index >= 15 is 0 Å². The molecular weight excluding hydrogens is 344 g/mol. The maximum atomic E-state index is 9.33. The van der Waals surface area contributed by atoms with Crippen LogP contribution in [-0.2, 0) is 6.61 Å². The number of ether oxygens (including phenoxy) is 4. The lowest BCUT2D eigenvalue weighted by atomic mass is 10.2. The van der Waals surface area contributed by atoms with Crippen LogP contribution in [-0.4, -0.2) is 24.9 Å². The van der Waals surface area contributed by atoms with E-state index in [2.05, 4.69) is 17.8 Å². The molecule has 0 aromatic heterocycles. The fraction of sp³-hybridized carbons (Fsp3) is 0.182. The third-order valence-corrected chi connectivity index (χ3v) is 3.24. The molecule has 2 aromatic carbocycles. The van der Waals surface area contributed by atoms with Gasteiger partial charge in [0.05, 0.1) is 0 Å². The summed E-state index contributed by atoms with van der Waals surface area (Å²) in [6.07, 6.45) is 15.8. The Morgan fingerprint density at radius 1 is 0.741 bits per heavy atom. The molecule has 0 unspecified atom stereocenters. The lowest BCUT2D eigenvalue weighted by Crippen LogP contribution is -2.06. The van der Waals surface area contributed by atoms with E-state index < -0.39 is 0 Å². The van der Waals surface area contributed by atoms with Gasteiger partial charge in [0, 0.05) is 0 Å². The van der Waals surface area contributed by atoms with Crippen molar-refractivity contribution in [3.8, 4) is 65.8 Å². The summed E-state index contributed by atoms with van der Waals surface area (Å²) in [7, 11) is 0. The van der Waals surface area contributed by atoms with Gasteiger partial charge in [-0.2, -0.15) is 0 Å². The molecule has 0 spiro atoms. The van der Waals surface area contributed by atoms with Gasteiger partial charge in [0.15, 0.2) is 11.5 Å². The lowest BCUT2D eigenvalue weighted by molar-refractivity contribution is 0.279. The van der Waals surface area contributed by atoms with Crippen LogP contribution in [0.25, 0.3) is 0 Å². The van der Waals surface area contributed by atoms with E-state index in [0.717, 1.165) is 5.56 Å². The zero-order chi connectivity index (χ0) is 19.5. The Hall–Kier alpha value is -3.88. The molecule has 136 valence electrons. The largest absolute Gasteiger partial charge is 0.508 e. The van der Waals surface area contributed by atoms with Gasteiger partial charge in [0.25, 0.3) is 0 Å². The second kappa shape index (κ2) is 10.2. The number of hydrogen-bond donors (Lipinski definition) is 1. The van der Waals surface area contributed by atoms with Crippen LogP contribution in [0, 0.1) is 37.0 Å². The quantitative estimate of drug-likeness (QED) is 0.695. The molecule has 2 rings (SSSR count). The van der Waals surface area contributed by atoms with Crippen molar-refractivity contribution in [1.29, 1.82) is 0 Å². The van der Waals surface area contributed by atoms with Crippen molar-refractivity contribution in [3.63, 3.8) is 0 Å². The molecule has 0 bridgehead atoms. The highest BCUT2D eigenvalue weighted by Gasteiger charge is 2.16. The predicted molar refractivity (Wildman–Crippen MR) is 102 cm³/mol. The van der Waals surface area contributed by atoms with Gasteiger partial charge in [0.1, 0.15) is 37.9 Å². The number of rotatable bonds is 9. The molecular formula is C22H18O5. The molecule has 2 aromatic rings. The van der Waals surface area contributed by atoms with Gasteiger partial charge in [-0.15, -0.1) is 19.3 Å². The van der Waals surface area contributed by atoms with Gasteiger partial charge in [-0.1, -0.05) is 17.8 Å². The summed E-state index contributed by atoms with van der Waals surface area (Å²) in [6.45, 7) is 0.341. The van der Waals surface area contributed by atoms with E-state index in [1.807, 2.05) is 0 Å². The first-order chi connectivity index (χ1) is 13.2.